The average Bonchev–Trinajstić information content (AvgIpc) is 2.67. The summed E-state index contributed by atoms with van der Waals surface area (Å²) in [4.78, 5) is 0. The highest BCUT2D eigenvalue weighted by Gasteiger charge is 2.17. The standard InChI is InChI=1S/C12H12O2/c1-2-11-9-13-12(14-11)8-10-6-4-3-5-7-10/h2-7,9,12H,1,8H2. The Kier molecular flexibility index (Phi) is 2.54. The maximum atomic E-state index is 5.44. The van der Waals surface area contributed by atoms with Gasteiger partial charge in [-0.1, -0.05) is 36.9 Å². The van der Waals surface area contributed by atoms with Crippen LogP contribution in [-0.4, -0.2) is 6.29 Å². The average molecular weight is 188 g/mol. The number of hydrogen-bond donors (Lipinski definition) is 0. The van der Waals surface area contributed by atoms with Crippen molar-refractivity contribution in [1.29, 1.82) is 0 Å². The number of benzene rings is 1. The molecule has 1 aromatic rings. The highest BCUT2D eigenvalue weighted by Crippen LogP contribution is 2.18. The van der Waals surface area contributed by atoms with Gasteiger partial charge in [-0.05, 0) is 11.6 Å². The zero-order chi connectivity index (χ0) is 9.80. The molecule has 1 aromatic carbocycles. The third-order valence-corrected chi connectivity index (χ3v) is 2.05. The summed E-state index contributed by atoms with van der Waals surface area (Å²) >= 11 is 0. The molecule has 0 aliphatic carbocycles. The highest BCUT2D eigenvalue weighted by atomic mass is 16.7. The Morgan fingerprint density at radius 3 is 2.71 bits per heavy atom. The van der Waals surface area contributed by atoms with Gasteiger partial charge in [-0.15, -0.1) is 0 Å². The van der Waals surface area contributed by atoms with Crippen LogP contribution >= 0.6 is 0 Å². The summed E-state index contributed by atoms with van der Waals surface area (Å²) < 4.78 is 10.7. The predicted octanol–water partition coefficient (Wildman–Crippen LogP) is 2.63. The molecule has 1 aliphatic rings. The van der Waals surface area contributed by atoms with Gasteiger partial charge in [-0.3, -0.25) is 0 Å². The molecular weight excluding hydrogens is 176 g/mol. The maximum Gasteiger partial charge on any atom is 0.244 e. The molecule has 1 heterocycles. The first kappa shape index (κ1) is 8.88. The fraction of sp³-hybridized carbons (Fsp3) is 0.167. The number of rotatable bonds is 3. The van der Waals surface area contributed by atoms with E-state index in [9.17, 15) is 0 Å². The van der Waals surface area contributed by atoms with Crippen molar-refractivity contribution in [2.75, 3.05) is 0 Å². The van der Waals surface area contributed by atoms with Gasteiger partial charge in [-0.2, -0.15) is 0 Å². The van der Waals surface area contributed by atoms with E-state index in [-0.39, 0.29) is 6.29 Å². The molecule has 0 spiro atoms. The van der Waals surface area contributed by atoms with Crippen LogP contribution in [0.3, 0.4) is 0 Å². The summed E-state index contributed by atoms with van der Waals surface area (Å²) in [6, 6.07) is 10.1. The van der Waals surface area contributed by atoms with Gasteiger partial charge in [0.2, 0.25) is 6.29 Å². The van der Waals surface area contributed by atoms with Crippen molar-refractivity contribution >= 4 is 0 Å². The van der Waals surface area contributed by atoms with Gasteiger partial charge in [0.05, 0.1) is 0 Å². The molecule has 0 aromatic heterocycles. The highest BCUT2D eigenvalue weighted by molar-refractivity contribution is 5.16. The smallest absolute Gasteiger partial charge is 0.244 e. The summed E-state index contributed by atoms with van der Waals surface area (Å²) in [6.07, 6.45) is 3.80. The van der Waals surface area contributed by atoms with Crippen LogP contribution < -0.4 is 0 Å². The lowest BCUT2D eigenvalue weighted by Gasteiger charge is -2.10. The minimum Gasteiger partial charge on any atom is -0.458 e. The SMILES string of the molecule is C=CC1=COC(Cc2ccccc2)O1. The molecule has 1 atom stereocenters. The van der Waals surface area contributed by atoms with E-state index < -0.39 is 0 Å². The molecule has 0 fully saturated rings. The molecule has 1 unspecified atom stereocenters. The van der Waals surface area contributed by atoms with Crippen LogP contribution in [0.4, 0.5) is 0 Å². The van der Waals surface area contributed by atoms with Crippen molar-refractivity contribution in [1.82, 2.24) is 0 Å². The van der Waals surface area contributed by atoms with E-state index in [2.05, 4.69) is 18.7 Å². The van der Waals surface area contributed by atoms with Crippen molar-refractivity contribution in [3.05, 3.63) is 60.6 Å². The van der Waals surface area contributed by atoms with Crippen molar-refractivity contribution in [3.63, 3.8) is 0 Å². The van der Waals surface area contributed by atoms with Gasteiger partial charge in [0, 0.05) is 6.42 Å². The van der Waals surface area contributed by atoms with Crippen LogP contribution in [0.5, 0.6) is 0 Å². The van der Waals surface area contributed by atoms with Crippen LogP contribution in [0.15, 0.2) is 55.0 Å². The molecular formula is C12H12O2. The molecule has 72 valence electrons. The number of ether oxygens (including phenoxy) is 2. The van der Waals surface area contributed by atoms with Gasteiger partial charge in [0.25, 0.3) is 0 Å². The topological polar surface area (TPSA) is 18.5 Å². The van der Waals surface area contributed by atoms with E-state index in [4.69, 9.17) is 9.47 Å². The Labute approximate surface area is 83.5 Å². The Morgan fingerprint density at radius 1 is 1.29 bits per heavy atom. The van der Waals surface area contributed by atoms with Crippen molar-refractivity contribution in [2.45, 2.75) is 12.7 Å². The summed E-state index contributed by atoms with van der Waals surface area (Å²) in [5.74, 6) is 0.700. The van der Waals surface area contributed by atoms with Crippen LogP contribution in [-0.2, 0) is 15.9 Å². The zero-order valence-electron chi connectivity index (χ0n) is 7.85. The maximum absolute atomic E-state index is 5.44. The van der Waals surface area contributed by atoms with Crippen LogP contribution in [0.1, 0.15) is 5.56 Å². The fourth-order valence-corrected chi connectivity index (χ4v) is 1.34. The molecule has 2 nitrogen and oxygen atoms in total. The largest absolute Gasteiger partial charge is 0.458 e. The van der Waals surface area contributed by atoms with E-state index >= 15 is 0 Å². The molecule has 0 bridgehead atoms. The summed E-state index contributed by atoms with van der Waals surface area (Å²) in [6.45, 7) is 3.61. The van der Waals surface area contributed by atoms with E-state index in [0.717, 1.165) is 6.42 Å². The zero-order valence-corrected chi connectivity index (χ0v) is 7.85. The molecule has 0 radical (unpaired) electrons. The second kappa shape index (κ2) is 4.01. The van der Waals surface area contributed by atoms with Crippen molar-refractivity contribution in [3.8, 4) is 0 Å². The van der Waals surface area contributed by atoms with Crippen molar-refractivity contribution in [2.24, 2.45) is 0 Å². The Bertz CT molecular complexity index is 341. The Balaban J connectivity index is 1.92. The lowest BCUT2D eigenvalue weighted by atomic mass is 10.1. The van der Waals surface area contributed by atoms with E-state index in [1.807, 2.05) is 18.2 Å². The third-order valence-electron chi connectivity index (χ3n) is 2.05. The van der Waals surface area contributed by atoms with E-state index in [1.54, 1.807) is 12.3 Å². The quantitative estimate of drug-likeness (QED) is 0.726. The first-order valence-corrected chi connectivity index (χ1v) is 4.57. The van der Waals surface area contributed by atoms with Gasteiger partial charge in [0.1, 0.15) is 6.26 Å². The second-order valence-corrected chi connectivity index (χ2v) is 3.10. The van der Waals surface area contributed by atoms with Gasteiger partial charge >= 0.3 is 0 Å². The van der Waals surface area contributed by atoms with E-state index in [1.165, 1.54) is 5.56 Å². The molecule has 2 heteroatoms. The molecule has 0 N–H and O–H groups in total. The summed E-state index contributed by atoms with van der Waals surface area (Å²) in [7, 11) is 0. The van der Waals surface area contributed by atoms with Gasteiger partial charge in [0.15, 0.2) is 5.76 Å². The fourth-order valence-electron chi connectivity index (χ4n) is 1.34. The van der Waals surface area contributed by atoms with Crippen LogP contribution in [0.25, 0.3) is 0 Å². The number of allylic oxidation sites excluding steroid dienone is 1. The number of hydrogen-bond acceptors (Lipinski definition) is 2. The van der Waals surface area contributed by atoms with Crippen LogP contribution in [0.2, 0.25) is 0 Å². The van der Waals surface area contributed by atoms with Crippen molar-refractivity contribution < 1.29 is 9.47 Å². The van der Waals surface area contributed by atoms with Gasteiger partial charge in [-0.25, -0.2) is 0 Å². The lowest BCUT2D eigenvalue weighted by Crippen LogP contribution is -2.11. The molecule has 0 amide bonds. The normalized spacial score (nSPS) is 19.4. The van der Waals surface area contributed by atoms with Gasteiger partial charge < -0.3 is 9.47 Å². The van der Waals surface area contributed by atoms with Crippen LogP contribution in [0, 0.1) is 0 Å². The Morgan fingerprint density at radius 2 is 2.07 bits per heavy atom. The molecule has 1 aliphatic heterocycles. The predicted molar refractivity (Wildman–Crippen MR) is 54.4 cm³/mol. The Hall–Kier alpha value is -1.70. The molecule has 2 rings (SSSR count). The first-order chi connectivity index (χ1) is 6.88. The molecule has 14 heavy (non-hydrogen) atoms. The summed E-state index contributed by atoms with van der Waals surface area (Å²) in [5, 5.41) is 0. The third kappa shape index (κ3) is 1.96. The summed E-state index contributed by atoms with van der Waals surface area (Å²) in [5.41, 5.74) is 1.20. The lowest BCUT2D eigenvalue weighted by molar-refractivity contribution is -0.0269. The minimum atomic E-state index is -0.203. The van der Waals surface area contributed by atoms with E-state index in [0.29, 0.717) is 5.76 Å². The first-order valence-electron chi connectivity index (χ1n) is 4.57. The minimum absolute atomic E-state index is 0.203. The molecule has 0 saturated carbocycles. The molecule has 0 saturated heterocycles. The second-order valence-electron chi connectivity index (χ2n) is 3.10. The monoisotopic (exact) mass is 188 g/mol.